The Morgan fingerprint density at radius 3 is 2.29 bits per heavy atom. The fourth-order valence-electron chi connectivity index (χ4n) is 2.90. The third-order valence-electron chi connectivity index (χ3n) is 4.08. The molecule has 0 aliphatic rings. The van der Waals surface area contributed by atoms with Gasteiger partial charge in [0.1, 0.15) is 11.5 Å². The molecule has 0 radical (unpaired) electrons. The summed E-state index contributed by atoms with van der Waals surface area (Å²) in [7, 11) is 0. The highest BCUT2D eigenvalue weighted by Gasteiger charge is 2.16. The number of aryl methyl sites for hydroxylation is 3. The second kappa shape index (κ2) is 8.39. The number of anilines is 1. The van der Waals surface area contributed by atoms with Crippen molar-refractivity contribution in [1.82, 2.24) is 5.32 Å². The summed E-state index contributed by atoms with van der Waals surface area (Å²) in [6.07, 6.45) is 3.01. The minimum Gasteiger partial charge on any atom is -0.465 e. The van der Waals surface area contributed by atoms with Crippen LogP contribution in [0.25, 0.3) is 6.08 Å². The summed E-state index contributed by atoms with van der Waals surface area (Å²) in [5, 5.41) is 5.54. The topological polar surface area (TPSA) is 71.3 Å². The van der Waals surface area contributed by atoms with Crippen molar-refractivity contribution < 1.29 is 14.0 Å². The molecule has 0 fully saturated rings. The molecule has 3 rings (SSSR count). The SMILES string of the molecule is Cc1cc(C)cc(NC(=O)/C(=C/c2ccco2)NC(=O)c2cccc(C)c2)c1. The number of carbonyl (C=O) groups is 2. The summed E-state index contributed by atoms with van der Waals surface area (Å²) in [4.78, 5) is 25.5. The van der Waals surface area contributed by atoms with Crippen LogP contribution in [0, 0.1) is 20.8 Å². The molecule has 1 heterocycles. The Labute approximate surface area is 164 Å². The Bertz CT molecular complexity index is 1010. The molecule has 3 aromatic rings. The molecule has 0 bridgehead atoms. The Morgan fingerprint density at radius 1 is 0.893 bits per heavy atom. The van der Waals surface area contributed by atoms with Gasteiger partial charge in [-0.3, -0.25) is 9.59 Å². The first-order valence-corrected chi connectivity index (χ1v) is 8.93. The molecule has 5 heteroatoms. The zero-order chi connectivity index (χ0) is 20.1. The molecule has 2 amide bonds. The highest BCUT2D eigenvalue weighted by Crippen LogP contribution is 2.16. The summed E-state index contributed by atoms with van der Waals surface area (Å²) >= 11 is 0. The van der Waals surface area contributed by atoms with Gasteiger partial charge >= 0.3 is 0 Å². The van der Waals surface area contributed by atoms with Crippen molar-refractivity contribution in [2.75, 3.05) is 5.32 Å². The summed E-state index contributed by atoms with van der Waals surface area (Å²) in [5.74, 6) is -0.324. The highest BCUT2D eigenvalue weighted by atomic mass is 16.3. The normalized spacial score (nSPS) is 11.2. The number of nitrogens with one attached hydrogen (secondary N) is 2. The molecular weight excluding hydrogens is 352 g/mol. The molecule has 0 aliphatic carbocycles. The molecule has 142 valence electrons. The first-order valence-electron chi connectivity index (χ1n) is 8.93. The number of hydrogen-bond acceptors (Lipinski definition) is 3. The van der Waals surface area contributed by atoms with E-state index in [1.54, 1.807) is 30.3 Å². The van der Waals surface area contributed by atoms with E-state index in [2.05, 4.69) is 10.6 Å². The molecule has 0 spiro atoms. The lowest BCUT2D eigenvalue weighted by Gasteiger charge is -2.12. The van der Waals surface area contributed by atoms with E-state index >= 15 is 0 Å². The molecule has 0 aliphatic heterocycles. The molecular formula is C23H22N2O3. The fourth-order valence-corrected chi connectivity index (χ4v) is 2.90. The van der Waals surface area contributed by atoms with E-state index in [1.165, 1.54) is 12.3 Å². The highest BCUT2D eigenvalue weighted by molar-refractivity contribution is 6.10. The second-order valence-corrected chi connectivity index (χ2v) is 6.73. The second-order valence-electron chi connectivity index (χ2n) is 6.73. The van der Waals surface area contributed by atoms with Gasteiger partial charge in [-0.05, 0) is 68.3 Å². The maximum atomic E-state index is 12.9. The summed E-state index contributed by atoms with van der Waals surface area (Å²) in [5.41, 5.74) is 4.28. The van der Waals surface area contributed by atoms with Crippen molar-refractivity contribution in [3.05, 3.63) is 94.6 Å². The van der Waals surface area contributed by atoms with Crippen LogP contribution in [0.4, 0.5) is 5.69 Å². The molecule has 0 saturated heterocycles. The van der Waals surface area contributed by atoms with Gasteiger partial charge in [-0.2, -0.15) is 0 Å². The minimum absolute atomic E-state index is 0.0978. The Hall–Kier alpha value is -3.60. The van der Waals surface area contributed by atoms with Crippen LogP contribution < -0.4 is 10.6 Å². The molecule has 2 aromatic carbocycles. The van der Waals surface area contributed by atoms with Gasteiger partial charge in [-0.1, -0.05) is 23.8 Å². The monoisotopic (exact) mass is 374 g/mol. The third-order valence-corrected chi connectivity index (χ3v) is 4.08. The molecule has 1 aromatic heterocycles. The van der Waals surface area contributed by atoms with E-state index in [-0.39, 0.29) is 11.6 Å². The molecule has 5 nitrogen and oxygen atoms in total. The van der Waals surface area contributed by atoms with Crippen molar-refractivity contribution in [3.8, 4) is 0 Å². The number of benzene rings is 2. The van der Waals surface area contributed by atoms with Gasteiger partial charge in [0.2, 0.25) is 0 Å². The van der Waals surface area contributed by atoms with Gasteiger partial charge in [0, 0.05) is 17.3 Å². The van der Waals surface area contributed by atoms with Crippen LogP contribution in [0.5, 0.6) is 0 Å². The van der Waals surface area contributed by atoms with E-state index in [0.717, 1.165) is 16.7 Å². The fraction of sp³-hybridized carbons (Fsp3) is 0.130. The standard InChI is InChI=1S/C23H22N2O3/c1-15-6-4-7-18(11-15)22(26)25-21(14-20-8-5-9-28-20)23(27)24-19-12-16(2)10-17(3)13-19/h4-14H,1-3H3,(H,24,27)(H,25,26)/b21-14-. The van der Waals surface area contributed by atoms with E-state index in [1.807, 2.05) is 45.0 Å². The quantitative estimate of drug-likeness (QED) is 0.641. The van der Waals surface area contributed by atoms with Crippen molar-refractivity contribution in [3.63, 3.8) is 0 Å². The Kier molecular flexibility index (Phi) is 5.75. The average molecular weight is 374 g/mol. The number of carbonyl (C=O) groups excluding carboxylic acids is 2. The van der Waals surface area contributed by atoms with Crippen molar-refractivity contribution in [1.29, 1.82) is 0 Å². The van der Waals surface area contributed by atoms with Crippen molar-refractivity contribution in [2.24, 2.45) is 0 Å². The molecule has 0 atom stereocenters. The third kappa shape index (κ3) is 4.98. The zero-order valence-corrected chi connectivity index (χ0v) is 16.1. The maximum absolute atomic E-state index is 12.9. The van der Waals surface area contributed by atoms with E-state index in [9.17, 15) is 9.59 Å². The Balaban J connectivity index is 1.86. The maximum Gasteiger partial charge on any atom is 0.272 e. The van der Waals surface area contributed by atoms with Crippen LogP contribution in [0.2, 0.25) is 0 Å². The largest absolute Gasteiger partial charge is 0.465 e. The van der Waals surface area contributed by atoms with Crippen LogP contribution in [0.15, 0.2) is 71.0 Å². The van der Waals surface area contributed by atoms with Gasteiger partial charge in [-0.25, -0.2) is 0 Å². The van der Waals surface area contributed by atoms with Gasteiger partial charge in [-0.15, -0.1) is 0 Å². The summed E-state index contributed by atoms with van der Waals surface area (Å²) in [6.45, 7) is 5.83. The Morgan fingerprint density at radius 2 is 1.64 bits per heavy atom. The summed E-state index contributed by atoms with van der Waals surface area (Å²) < 4.78 is 5.30. The van der Waals surface area contributed by atoms with Crippen LogP contribution >= 0.6 is 0 Å². The van der Waals surface area contributed by atoms with E-state index in [0.29, 0.717) is 17.0 Å². The number of amides is 2. The van der Waals surface area contributed by atoms with Gasteiger partial charge in [0.15, 0.2) is 0 Å². The lowest BCUT2D eigenvalue weighted by Crippen LogP contribution is -2.30. The average Bonchev–Trinajstić information content (AvgIpc) is 3.13. The first kappa shape index (κ1) is 19.2. The lowest BCUT2D eigenvalue weighted by molar-refractivity contribution is -0.113. The molecule has 2 N–H and O–H groups in total. The van der Waals surface area contributed by atoms with Crippen LogP contribution in [-0.4, -0.2) is 11.8 Å². The van der Waals surface area contributed by atoms with Gasteiger partial charge < -0.3 is 15.1 Å². The van der Waals surface area contributed by atoms with Crippen molar-refractivity contribution >= 4 is 23.6 Å². The number of hydrogen-bond donors (Lipinski definition) is 2. The summed E-state index contributed by atoms with van der Waals surface area (Å²) in [6, 6.07) is 16.4. The van der Waals surface area contributed by atoms with E-state index < -0.39 is 5.91 Å². The van der Waals surface area contributed by atoms with Crippen LogP contribution in [0.3, 0.4) is 0 Å². The van der Waals surface area contributed by atoms with Gasteiger partial charge in [0.25, 0.3) is 11.8 Å². The molecule has 28 heavy (non-hydrogen) atoms. The number of rotatable bonds is 5. The zero-order valence-electron chi connectivity index (χ0n) is 16.1. The van der Waals surface area contributed by atoms with E-state index in [4.69, 9.17) is 4.42 Å². The number of furan rings is 1. The van der Waals surface area contributed by atoms with Crippen LogP contribution in [-0.2, 0) is 4.79 Å². The smallest absolute Gasteiger partial charge is 0.272 e. The van der Waals surface area contributed by atoms with Crippen LogP contribution in [0.1, 0.15) is 32.8 Å². The molecule has 0 unspecified atom stereocenters. The molecule has 0 saturated carbocycles. The first-order chi connectivity index (χ1) is 13.4. The minimum atomic E-state index is -0.428. The lowest BCUT2D eigenvalue weighted by atomic mass is 10.1. The predicted octanol–water partition coefficient (Wildman–Crippen LogP) is 4.61. The van der Waals surface area contributed by atoms with Crippen molar-refractivity contribution in [2.45, 2.75) is 20.8 Å². The van der Waals surface area contributed by atoms with Gasteiger partial charge in [0.05, 0.1) is 6.26 Å². The predicted molar refractivity (Wildman–Crippen MR) is 110 cm³/mol.